The van der Waals surface area contributed by atoms with E-state index >= 15 is 0 Å². The first-order valence-electron chi connectivity index (χ1n) is 6.97. The van der Waals surface area contributed by atoms with Crippen molar-refractivity contribution < 1.29 is 4.74 Å². The second-order valence-corrected chi connectivity index (χ2v) is 5.14. The fraction of sp³-hybridized carbons (Fsp3) is 0.214. The predicted octanol–water partition coefficient (Wildman–Crippen LogP) is 0.768. The Hall–Kier alpha value is -3.23. The molecule has 0 bridgehead atoms. The number of nitrogens with one attached hydrogen (secondary N) is 2. The van der Waals surface area contributed by atoms with Gasteiger partial charge in [-0.1, -0.05) is 23.3 Å². The Morgan fingerprint density at radius 1 is 1.30 bits per heavy atom. The van der Waals surface area contributed by atoms with Gasteiger partial charge in [0.15, 0.2) is 0 Å². The van der Waals surface area contributed by atoms with Gasteiger partial charge in [0.2, 0.25) is 5.95 Å². The molecule has 0 amide bonds. The fourth-order valence-corrected chi connectivity index (χ4v) is 2.88. The van der Waals surface area contributed by atoms with E-state index in [1.54, 1.807) is 11.8 Å². The van der Waals surface area contributed by atoms with Crippen molar-refractivity contribution in [1.29, 1.82) is 0 Å². The lowest BCUT2D eigenvalue weighted by molar-refractivity contribution is 0.402. The summed E-state index contributed by atoms with van der Waals surface area (Å²) in [5, 5.41) is 21.2. The minimum Gasteiger partial charge on any atom is -0.496 e. The van der Waals surface area contributed by atoms with Crippen LogP contribution in [0.25, 0.3) is 0 Å². The van der Waals surface area contributed by atoms with Crippen molar-refractivity contribution in [2.24, 2.45) is 0 Å². The summed E-state index contributed by atoms with van der Waals surface area (Å²) in [5.74, 6) is 1.08. The highest BCUT2D eigenvalue weighted by Gasteiger charge is 2.34. The third kappa shape index (κ3) is 1.90. The molecule has 1 atom stereocenters. The zero-order valence-corrected chi connectivity index (χ0v) is 12.4. The number of aryl methyl sites for hydroxylation is 1. The van der Waals surface area contributed by atoms with Crippen molar-refractivity contribution in [3.8, 4) is 5.75 Å². The Labute approximate surface area is 130 Å². The average molecular weight is 311 g/mol. The third-order valence-corrected chi connectivity index (χ3v) is 3.89. The number of hydrogen-bond acceptors (Lipinski definition) is 7. The molecule has 2 aromatic heterocycles. The lowest BCUT2D eigenvalue weighted by atomic mass is 9.94. The van der Waals surface area contributed by atoms with Crippen molar-refractivity contribution in [2.75, 3.05) is 12.4 Å². The van der Waals surface area contributed by atoms with Gasteiger partial charge in [-0.25, -0.2) is 5.10 Å². The van der Waals surface area contributed by atoms with Gasteiger partial charge >= 0.3 is 0 Å². The summed E-state index contributed by atoms with van der Waals surface area (Å²) in [6.07, 6.45) is 0. The van der Waals surface area contributed by atoms with Gasteiger partial charge in [0.1, 0.15) is 17.5 Å². The number of anilines is 2. The summed E-state index contributed by atoms with van der Waals surface area (Å²) >= 11 is 0. The molecule has 0 unspecified atom stereocenters. The number of H-pyrrole nitrogens is 1. The number of aromatic amines is 1. The number of methoxy groups -OCH3 is 1. The summed E-state index contributed by atoms with van der Waals surface area (Å²) in [6.45, 7) is 1.83. The third-order valence-electron chi connectivity index (χ3n) is 3.89. The van der Waals surface area contributed by atoms with Crippen LogP contribution in [0.5, 0.6) is 5.75 Å². The molecular formula is C14H13N7O2. The van der Waals surface area contributed by atoms with Crippen LogP contribution in [0.15, 0.2) is 29.1 Å². The van der Waals surface area contributed by atoms with Gasteiger partial charge in [-0.3, -0.25) is 4.79 Å². The SMILES string of the molecule is COc1ccccc1[C@H]1c2c(C)n[nH]c(=O)c2Nc2nnnn21. The predicted molar refractivity (Wildman–Crippen MR) is 80.9 cm³/mol. The van der Waals surface area contributed by atoms with E-state index < -0.39 is 6.04 Å². The van der Waals surface area contributed by atoms with Crippen molar-refractivity contribution >= 4 is 11.6 Å². The molecule has 3 aromatic rings. The van der Waals surface area contributed by atoms with Crippen molar-refractivity contribution in [3.63, 3.8) is 0 Å². The van der Waals surface area contributed by atoms with E-state index in [0.717, 1.165) is 11.1 Å². The van der Waals surface area contributed by atoms with Crippen LogP contribution in [-0.4, -0.2) is 37.5 Å². The molecule has 3 heterocycles. The summed E-state index contributed by atoms with van der Waals surface area (Å²) in [6, 6.07) is 7.16. The lowest BCUT2D eigenvalue weighted by Gasteiger charge is -2.27. The van der Waals surface area contributed by atoms with E-state index in [1.807, 2.05) is 31.2 Å². The maximum absolute atomic E-state index is 12.2. The van der Waals surface area contributed by atoms with E-state index in [9.17, 15) is 4.79 Å². The van der Waals surface area contributed by atoms with Gasteiger partial charge in [0.05, 0.1) is 12.8 Å². The highest BCUT2D eigenvalue weighted by atomic mass is 16.5. The zero-order chi connectivity index (χ0) is 16.0. The van der Waals surface area contributed by atoms with E-state index in [0.29, 0.717) is 23.1 Å². The van der Waals surface area contributed by atoms with Crippen molar-refractivity contribution in [2.45, 2.75) is 13.0 Å². The molecule has 2 N–H and O–H groups in total. The quantitative estimate of drug-likeness (QED) is 0.562. The number of ether oxygens (including phenoxy) is 1. The minimum absolute atomic E-state index is 0.320. The summed E-state index contributed by atoms with van der Waals surface area (Å²) in [4.78, 5) is 12.2. The van der Waals surface area contributed by atoms with Crippen LogP contribution in [0.4, 0.5) is 11.6 Å². The van der Waals surface area contributed by atoms with Crippen LogP contribution in [-0.2, 0) is 0 Å². The van der Waals surface area contributed by atoms with Gasteiger partial charge in [0, 0.05) is 11.1 Å². The Morgan fingerprint density at radius 3 is 2.96 bits per heavy atom. The topological polar surface area (TPSA) is 111 Å². The molecule has 1 aliphatic heterocycles. The van der Waals surface area contributed by atoms with Gasteiger partial charge < -0.3 is 10.1 Å². The normalized spacial score (nSPS) is 15.5. The summed E-state index contributed by atoms with van der Waals surface area (Å²) in [7, 11) is 1.60. The fourth-order valence-electron chi connectivity index (χ4n) is 2.88. The van der Waals surface area contributed by atoms with Gasteiger partial charge in [-0.2, -0.15) is 9.78 Å². The number of rotatable bonds is 2. The molecule has 0 saturated heterocycles. The molecular weight excluding hydrogens is 298 g/mol. The standard InChI is InChI=1S/C14H13N7O2/c1-7-10-11(13(22)17-16-7)15-14-18-19-20-21(14)12(10)8-5-3-4-6-9(8)23-2/h3-6,12H,1-2H3,(H,17,22)(H,15,18,20)/t12-/m0/s1. The number of fused-ring (bicyclic) bond motifs is 2. The number of tetrazole rings is 1. The molecule has 23 heavy (non-hydrogen) atoms. The highest BCUT2D eigenvalue weighted by Crippen LogP contribution is 2.40. The molecule has 4 rings (SSSR count). The first kappa shape index (κ1) is 13.4. The molecule has 116 valence electrons. The van der Waals surface area contributed by atoms with Crippen LogP contribution >= 0.6 is 0 Å². The Balaban J connectivity index is 2.05. The monoisotopic (exact) mass is 311 g/mol. The second-order valence-electron chi connectivity index (χ2n) is 5.14. The Morgan fingerprint density at radius 2 is 2.13 bits per heavy atom. The lowest BCUT2D eigenvalue weighted by Crippen LogP contribution is -2.29. The number of hydrogen-bond donors (Lipinski definition) is 2. The van der Waals surface area contributed by atoms with E-state index in [-0.39, 0.29) is 5.56 Å². The van der Waals surface area contributed by atoms with Crippen LogP contribution in [0.1, 0.15) is 22.9 Å². The molecule has 0 spiro atoms. The molecule has 9 heteroatoms. The molecule has 0 radical (unpaired) electrons. The van der Waals surface area contributed by atoms with Gasteiger partial charge in [-0.05, 0) is 23.4 Å². The maximum Gasteiger partial charge on any atom is 0.288 e. The van der Waals surface area contributed by atoms with Crippen LogP contribution in [0, 0.1) is 6.92 Å². The first-order valence-corrected chi connectivity index (χ1v) is 6.97. The maximum atomic E-state index is 12.2. The van der Waals surface area contributed by atoms with Crippen molar-refractivity contribution in [3.05, 3.63) is 51.4 Å². The van der Waals surface area contributed by atoms with Crippen molar-refractivity contribution in [1.82, 2.24) is 30.4 Å². The van der Waals surface area contributed by atoms with Crippen LogP contribution < -0.4 is 15.6 Å². The second kappa shape index (κ2) is 4.90. The van der Waals surface area contributed by atoms with Gasteiger partial charge in [-0.15, -0.1) is 0 Å². The zero-order valence-electron chi connectivity index (χ0n) is 12.4. The average Bonchev–Trinajstić information content (AvgIpc) is 3.05. The highest BCUT2D eigenvalue weighted by molar-refractivity contribution is 5.65. The number of para-hydroxylation sites is 1. The molecule has 0 fully saturated rings. The first-order chi connectivity index (χ1) is 11.2. The minimum atomic E-state index is -0.401. The molecule has 1 aliphatic rings. The van der Waals surface area contributed by atoms with Crippen LogP contribution in [0.2, 0.25) is 0 Å². The van der Waals surface area contributed by atoms with E-state index in [4.69, 9.17) is 4.74 Å². The number of aromatic nitrogens is 6. The molecule has 0 aliphatic carbocycles. The van der Waals surface area contributed by atoms with E-state index in [2.05, 4.69) is 31.0 Å². The number of nitrogens with zero attached hydrogens (tertiary/aromatic N) is 5. The van der Waals surface area contributed by atoms with Crippen LogP contribution in [0.3, 0.4) is 0 Å². The largest absolute Gasteiger partial charge is 0.496 e. The smallest absolute Gasteiger partial charge is 0.288 e. The molecule has 9 nitrogen and oxygen atoms in total. The number of benzene rings is 1. The summed E-state index contributed by atoms with van der Waals surface area (Å²) in [5.41, 5.74) is 2.33. The molecule has 1 aromatic carbocycles. The summed E-state index contributed by atoms with van der Waals surface area (Å²) < 4.78 is 7.09. The van der Waals surface area contributed by atoms with E-state index in [1.165, 1.54) is 0 Å². The Kier molecular flexibility index (Phi) is 2.86. The molecule has 0 saturated carbocycles. The van der Waals surface area contributed by atoms with Gasteiger partial charge in [0.25, 0.3) is 5.56 Å². The Bertz CT molecular complexity index is 946.